The van der Waals surface area contributed by atoms with Crippen LogP contribution in [0.5, 0.6) is 5.75 Å². The summed E-state index contributed by atoms with van der Waals surface area (Å²) in [5.74, 6) is 0.644. The molecular weight excluding hydrogens is 386 g/mol. The zero-order chi connectivity index (χ0) is 20.8. The lowest BCUT2D eigenvalue weighted by Crippen LogP contribution is -2.14. The van der Waals surface area contributed by atoms with Crippen molar-refractivity contribution < 1.29 is 19.1 Å². The first-order valence-corrected chi connectivity index (χ1v) is 10.8. The van der Waals surface area contributed by atoms with Gasteiger partial charge in [0.25, 0.3) is 0 Å². The molecule has 1 atom stereocenters. The van der Waals surface area contributed by atoms with Gasteiger partial charge in [0.05, 0.1) is 19.3 Å². The van der Waals surface area contributed by atoms with E-state index in [1.165, 1.54) is 29.4 Å². The molecule has 1 aromatic heterocycles. The second kappa shape index (κ2) is 9.74. The van der Waals surface area contributed by atoms with Gasteiger partial charge in [0.15, 0.2) is 0 Å². The molecule has 154 valence electrons. The van der Waals surface area contributed by atoms with Gasteiger partial charge in [-0.3, -0.25) is 4.79 Å². The number of benzene rings is 1. The molecule has 5 nitrogen and oxygen atoms in total. The third-order valence-corrected chi connectivity index (χ3v) is 6.10. The lowest BCUT2D eigenvalue weighted by atomic mass is 9.88. The van der Waals surface area contributed by atoms with Crippen molar-refractivity contribution in [2.45, 2.75) is 39.5 Å². The highest BCUT2D eigenvalue weighted by molar-refractivity contribution is 7.17. The van der Waals surface area contributed by atoms with Gasteiger partial charge in [-0.1, -0.05) is 32.0 Å². The SMILES string of the molecule is CCCOc1ccccc1C=CC(=O)Nc1sc2c(c1C(=O)OC)CCC(C)C2. The first-order valence-electron chi connectivity index (χ1n) is 9.97. The summed E-state index contributed by atoms with van der Waals surface area (Å²) in [6.45, 7) is 4.88. The van der Waals surface area contributed by atoms with Crippen LogP contribution in [-0.2, 0) is 22.4 Å². The number of esters is 1. The lowest BCUT2D eigenvalue weighted by molar-refractivity contribution is -0.111. The second-order valence-corrected chi connectivity index (χ2v) is 8.36. The molecule has 1 N–H and O–H groups in total. The molecule has 1 heterocycles. The molecule has 1 aliphatic carbocycles. The second-order valence-electron chi connectivity index (χ2n) is 7.26. The van der Waals surface area contributed by atoms with Crippen molar-refractivity contribution in [1.29, 1.82) is 0 Å². The van der Waals surface area contributed by atoms with Crippen molar-refractivity contribution in [2.24, 2.45) is 5.92 Å². The molecular formula is C23H27NO4S. The summed E-state index contributed by atoms with van der Waals surface area (Å²) in [4.78, 5) is 26.1. The topological polar surface area (TPSA) is 64.6 Å². The van der Waals surface area contributed by atoms with Gasteiger partial charge >= 0.3 is 5.97 Å². The van der Waals surface area contributed by atoms with E-state index in [1.54, 1.807) is 6.08 Å². The fourth-order valence-electron chi connectivity index (χ4n) is 3.44. The van der Waals surface area contributed by atoms with Crippen molar-refractivity contribution in [2.75, 3.05) is 19.0 Å². The average Bonchev–Trinajstić information content (AvgIpc) is 3.07. The van der Waals surface area contributed by atoms with Gasteiger partial charge in [-0.15, -0.1) is 11.3 Å². The molecule has 1 amide bonds. The molecule has 0 fully saturated rings. The number of amides is 1. The monoisotopic (exact) mass is 413 g/mol. The maximum atomic E-state index is 12.6. The van der Waals surface area contributed by atoms with Crippen molar-refractivity contribution in [3.05, 3.63) is 51.9 Å². The molecule has 2 aromatic rings. The first-order chi connectivity index (χ1) is 14.0. The minimum absolute atomic E-state index is 0.285. The normalized spacial score (nSPS) is 15.8. The summed E-state index contributed by atoms with van der Waals surface area (Å²) < 4.78 is 10.7. The largest absolute Gasteiger partial charge is 0.493 e. The Kier molecular flexibility index (Phi) is 7.09. The van der Waals surface area contributed by atoms with Gasteiger partial charge in [0.2, 0.25) is 5.91 Å². The van der Waals surface area contributed by atoms with E-state index in [0.717, 1.165) is 42.6 Å². The standard InChI is InChI=1S/C23H27NO4S/c1-4-13-28-18-8-6-5-7-16(18)10-12-20(25)24-22-21(23(26)27-3)17-11-9-15(2)14-19(17)29-22/h5-8,10,12,15H,4,9,11,13-14H2,1-3H3,(H,24,25). The molecule has 0 radical (unpaired) electrons. The van der Waals surface area contributed by atoms with Crippen molar-refractivity contribution in [3.8, 4) is 5.75 Å². The summed E-state index contributed by atoms with van der Waals surface area (Å²) >= 11 is 1.48. The van der Waals surface area contributed by atoms with Crippen LogP contribution in [0, 0.1) is 5.92 Å². The number of para-hydroxylation sites is 1. The van der Waals surface area contributed by atoms with Gasteiger partial charge in [-0.2, -0.15) is 0 Å². The number of carbonyl (C=O) groups excluding carboxylic acids is 2. The van der Waals surface area contributed by atoms with Gasteiger partial charge < -0.3 is 14.8 Å². The first kappa shape index (κ1) is 21.1. The Morgan fingerprint density at radius 2 is 2.10 bits per heavy atom. The molecule has 1 aromatic carbocycles. The number of methoxy groups -OCH3 is 1. The maximum Gasteiger partial charge on any atom is 0.341 e. The van der Waals surface area contributed by atoms with Crippen LogP contribution in [0.3, 0.4) is 0 Å². The Morgan fingerprint density at radius 1 is 1.31 bits per heavy atom. The highest BCUT2D eigenvalue weighted by Crippen LogP contribution is 2.40. The van der Waals surface area contributed by atoms with E-state index < -0.39 is 5.97 Å². The van der Waals surface area contributed by atoms with Crippen LogP contribution in [0.4, 0.5) is 5.00 Å². The molecule has 6 heteroatoms. The third-order valence-electron chi connectivity index (χ3n) is 4.93. The number of carbonyl (C=O) groups is 2. The van der Waals surface area contributed by atoms with E-state index in [2.05, 4.69) is 12.2 Å². The molecule has 3 rings (SSSR count). The molecule has 0 saturated carbocycles. The van der Waals surface area contributed by atoms with E-state index in [9.17, 15) is 9.59 Å². The summed E-state index contributed by atoms with van der Waals surface area (Å²) in [7, 11) is 1.37. The Balaban J connectivity index is 1.79. The molecule has 0 spiro atoms. The fraction of sp³-hybridized carbons (Fsp3) is 0.391. The number of ether oxygens (including phenoxy) is 2. The summed E-state index contributed by atoms with van der Waals surface area (Å²) in [6.07, 6.45) is 6.92. The Morgan fingerprint density at radius 3 is 2.86 bits per heavy atom. The number of rotatable bonds is 7. The minimum Gasteiger partial charge on any atom is -0.493 e. The van der Waals surface area contributed by atoms with E-state index in [1.807, 2.05) is 31.2 Å². The molecule has 1 aliphatic rings. The molecule has 0 aliphatic heterocycles. The Bertz CT molecular complexity index is 916. The zero-order valence-electron chi connectivity index (χ0n) is 17.1. The lowest BCUT2D eigenvalue weighted by Gasteiger charge is -2.18. The number of hydrogen-bond acceptors (Lipinski definition) is 5. The maximum absolute atomic E-state index is 12.6. The van der Waals surface area contributed by atoms with E-state index in [-0.39, 0.29) is 5.91 Å². The van der Waals surface area contributed by atoms with Gasteiger partial charge in [-0.25, -0.2) is 4.79 Å². The van der Waals surface area contributed by atoms with Crippen LogP contribution in [0.1, 0.15) is 53.1 Å². The van der Waals surface area contributed by atoms with Crippen LogP contribution in [-0.4, -0.2) is 25.6 Å². The fourth-order valence-corrected chi connectivity index (χ4v) is 4.84. The van der Waals surface area contributed by atoms with Crippen LogP contribution in [0.15, 0.2) is 30.3 Å². The number of hydrogen-bond donors (Lipinski definition) is 1. The highest BCUT2D eigenvalue weighted by Gasteiger charge is 2.28. The molecule has 0 saturated heterocycles. The van der Waals surface area contributed by atoms with Crippen LogP contribution < -0.4 is 10.1 Å². The molecule has 1 unspecified atom stereocenters. The number of nitrogens with one attached hydrogen (secondary N) is 1. The smallest absolute Gasteiger partial charge is 0.341 e. The molecule has 0 bridgehead atoms. The van der Waals surface area contributed by atoms with Crippen LogP contribution in [0.2, 0.25) is 0 Å². The van der Waals surface area contributed by atoms with E-state index in [0.29, 0.717) is 23.1 Å². The minimum atomic E-state index is -0.394. The number of thiophene rings is 1. The Hall–Kier alpha value is -2.60. The van der Waals surface area contributed by atoms with Crippen LogP contribution in [0.25, 0.3) is 6.08 Å². The summed E-state index contributed by atoms with van der Waals surface area (Å²) in [5, 5.41) is 3.45. The number of anilines is 1. The van der Waals surface area contributed by atoms with E-state index in [4.69, 9.17) is 9.47 Å². The average molecular weight is 414 g/mol. The summed E-state index contributed by atoms with van der Waals surface area (Å²) in [6, 6.07) is 7.60. The molecule has 29 heavy (non-hydrogen) atoms. The van der Waals surface area contributed by atoms with Crippen molar-refractivity contribution >= 4 is 34.3 Å². The predicted molar refractivity (Wildman–Crippen MR) is 117 cm³/mol. The highest BCUT2D eigenvalue weighted by atomic mass is 32.1. The number of fused-ring (bicyclic) bond motifs is 1. The summed E-state index contributed by atoms with van der Waals surface area (Å²) in [5.41, 5.74) is 2.37. The zero-order valence-corrected chi connectivity index (χ0v) is 17.9. The van der Waals surface area contributed by atoms with Gasteiger partial charge in [0, 0.05) is 16.5 Å². The van der Waals surface area contributed by atoms with Crippen molar-refractivity contribution in [3.63, 3.8) is 0 Å². The van der Waals surface area contributed by atoms with Gasteiger partial charge in [-0.05, 0) is 49.3 Å². The quantitative estimate of drug-likeness (QED) is 0.507. The van der Waals surface area contributed by atoms with Crippen molar-refractivity contribution in [1.82, 2.24) is 0 Å². The predicted octanol–water partition coefficient (Wildman–Crippen LogP) is 5.10. The van der Waals surface area contributed by atoms with Crippen LogP contribution >= 0.6 is 11.3 Å². The third kappa shape index (κ3) is 5.07. The Labute approximate surface area is 175 Å². The van der Waals surface area contributed by atoms with E-state index >= 15 is 0 Å². The van der Waals surface area contributed by atoms with Gasteiger partial charge in [0.1, 0.15) is 10.8 Å².